The molecule has 1 atom stereocenters. The van der Waals surface area contributed by atoms with Crippen molar-refractivity contribution in [1.82, 2.24) is 5.32 Å². The van der Waals surface area contributed by atoms with Gasteiger partial charge >= 0.3 is 12.0 Å². The number of carbonyl (C=O) groups is 2. The van der Waals surface area contributed by atoms with Crippen molar-refractivity contribution in [2.75, 3.05) is 6.54 Å². The second-order valence-corrected chi connectivity index (χ2v) is 2.62. The molecule has 2 amide bonds. The third-order valence-corrected chi connectivity index (χ3v) is 1.40. The maximum absolute atomic E-state index is 10.3. The van der Waals surface area contributed by atoms with Crippen molar-refractivity contribution in [2.24, 2.45) is 11.5 Å². The second kappa shape index (κ2) is 4.63. The molecule has 0 aliphatic heterocycles. The number of amides is 2. The zero-order valence-corrected chi connectivity index (χ0v) is 6.99. The molecule has 0 radical (unpaired) electrons. The number of primary amides is 1. The van der Waals surface area contributed by atoms with Gasteiger partial charge < -0.3 is 21.3 Å². The summed E-state index contributed by atoms with van der Waals surface area (Å²) in [5, 5.41) is 19.6. The Morgan fingerprint density at radius 2 is 2.00 bits per heavy atom. The molecule has 0 aliphatic carbocycles. The van der Waals surface area contributed by atoms with Crippen LogP contribution in [0.15, 0.2) is 0 Å². The number of rotatable bonds is 5. The van der Waals surface area contributed by atoms with Crippen molar-refractivity contribution in [3.05, 3.63) is 0 Å². The Bertz CT molecular complexity index is 204. The summed E-state index contributed by atoms with van der Waals surface area (Å²) in [6, 6.07) is -0.698. The van der Waals surface area contributed by atoms with Gasteiger partial charge in [-0.1, -0.05) is 0 Å². The molecule has 0 aromatic rings. The van der Waals surface area contributed by atoms with Crippen LogP contribution in [0.2, 0.25) is 0 Å². The fourth-order valence-electron chi connectivity index (χ4n) is 0.676. The van der Waals surface area contributed by atoms with Gasteiger partial charge in [0.05, 0.1) is 0 Å². The van der Waals surface area contributed by atoms with Crippen LogP contribution in [0.25, 0.3) is 0 Å². The number of hydrogen-bond donors (Lipinski definition) is 5. The van der Waals surface area contributed by atoms with Gasteiger partial charge in [0, 0.05) is 13.0 Å². The fourth-order valence-corrected chi connectivity index (χ4v) is 0.676. The molecule has 1 unspecified atom stereocenters. The molecule has 7 heteroatoms. The van der Waals surface area contributed by atoms with Crippen molar-refractivity contribution in [3.8, 4) is 0 Å². The predicted molar refractivity (Wildman–Crippen MR) is 43.6 cm³/mol. The molecule has 0 bridgehead atoms. The lowest BCUT2D eigenvalue weighted by atomic mass is 10.1. The third kappa shape index (κ3) is 4.99. The number of nitrogens with two attached hydrogens (primary N) is 2. The predicted octanol–water partition coefficient (Wildman–Crippen LogP) is -1.83. The zero-order chi connectivity index (χ0) is 10.5. The van der Waals surface area contributed by atoms with Crippen LogP contribution in [0.3, 0.4) is 0 Å². The van der Waals surface area contributed by atoms with Crippen LogP contribution < -0.4 is 16.8 Å². The molecule has 0 fully saturated rings. The van der Waals surface area contributed by atoms with Gasteiger partial charge in [-0.15, -0.1) is 0 Å². The second-order valence-electron chi connectivity index (χ2n) is 2.62. The maximum Gasteiger partial charge on any atom is 0.350 e. The quantitative estimate of drug-likeness (QED) is 0.257. The summed E-state index contributed by atoms with van der Waals surface area (Å²) in [6.45, 7) is 0.183. The smallest absolute Gasteiger partial charge is 0.350 e. The SMILES string of the molecule is NC(=O)NCCCC(N)(O)C(=O)O. The van der Waals surface area contributed by atoms with Gasteiger partial charge in [-0.2, -0.15) is 0 Å². The summed E-state index contributed by atoms with van der Waals surface area (Å²) < 4.78 is 0. The molecular weight excluding hydrogens is 178 g/mol. The molecule has 0 aromatic carbocycles. The molecule has 7 N–H and O–H groups in total. The van der Waals surface area contributed by atoms with E-state index in [1.807, 2.05) is 0 Å². The average Bonchev–Trinajstić information content (AvgIpc) is 1.97. The van der Waals surface area contributed by atoms with E-state index >= 15 is 0 Å². The number of urea groups is 1. The lowest BCUT2D eigenvalue weighted by Crippen LogP contribution is -2.48. The Labute approximate surface area is 74.7 Å². The highest BCUT2D eigenvalue weighted by Crippen LogP contribution is 2.04. The van der Waals surface area contributed by atoms with Crippen LogP contribution in [0, 0.1) is 0 Å². The van der Waals surface area contributed by atoms with Crippen LogP contribution in [0.1, 0.15) is 12.8 Å². The normalized spacial score (nSPS) is 14.6. The molecule has 0 saturated heterocycles. The average molecular weight is 191 g/mol. The highest BCUT2D eigenvalue weighted by Gasteiger charge is 2.29. The van der Waals surface area contributed by atoms with E-state index in [-0.39, 0.29) is 19.4 Å². The van der Waals surface area contributed by atoms with E-state index in [1.165, 1.54) is 0 Å². The minimum Gasteiger partial charge on any atom is -0.478 e. The van der Waals surface area contributed by atoms with Crippen LogP contribution in [0.4, 0.5) is 4.79 Å². The van der Waals surface area contributed by atoms with Crippen molar-refractivity contribution in [2.45, 2.75) is 18.6 Å². The first-order valence-electron chi connectivity index (χ1n) is 3.64. The molecular formula is C6H13N3O4. The van der Waals surface area contributed by atoms with E-state index in [2.05, 4.69) is 5.32 Å². The highest BCUT2D eigenvalue weighted by atomic mass is 16.4. The number of carboxylic acid groups (broad SMARTS) is 1. The molecule has 0 rings (SSSR count). The first kappa shape index (κ1) is 11.7. The molecule has 0 heterocycles. The molecule has 0 aliphatic rings. The lowest BCUT2D eigenvalue weighted by Gasteiger charge is -2.16. The van der Waals surface area contributed by atoms with E-state index in [4.69, 9.17) is 21.7 Å². The first-order chi connectivity index (χ1) is 5.86. The first-order valence-corrected chi connectivity index (χ1v) is 3.64. The summed E-state index contributed by atoms with van der Waals surface area (Å²) >= 11 is 0. The van der Waals surface area contributed by atoms with Gasteiger partial charge in [-0.3, -0.25) is 5.73 Å². The maximum atomic E-state index is 10.3. The zero-order valence-electron chi connectivity index (χ0n) is 6.99. The van der Waals surface area contributed by atoms with E-state index < -0.39 is 17.7 Å². The number of aliphatic carboxylic acids is 1. The van der Waals surface area contributed by atoms with E-state index in [0.29, 0.717) is 0 Å². The van der Waals surface area contributed by atoms with Gasteiger partial charge in [-0.25, -0.2) is 9.59 Å². The number of carbonyl (C=O) groups excluding carboxylic acids is 1. The minimum atomic E-state index is -2.24. The Morgan fingerprint density at radius 1 is 1.46 bits per heavy atom. The fraction of sp³-hybridized carbons (Fsp3) is 0.667. The monoisotopic (exact) mass is 191 g/mol. The number of aliphatic hydroxyl groups is 1. The standard InChI is InChI=1S/C6H13N3O4/c7-5(12)9-3-1-2-6(8,13)4(10)11/h13H,1-3,8H2,(H,10,11)(H3,7,9,12). The summed E-state index contributed by atoms with van der Waals surface area (Å²) in [4.78, 5) is 20.4. The molecule has 0 spiro atoms. The van der Waals surface area contributed by atoms with Gasteiger partial charge in [-0.05, 0) is 6.42 Å². The van der Waals surface area contributed by atoms with Gasteiger partial charge in [0.1, 0.15) is 0 Å². The van der Waals surface area contributed by atoms with E-state index in [9.17, 15) is 9.59 Å². The largest absolute Gasteiger partial charge is 0.478 e. The van der Waals surface area contributed by atoms with Crippen molar-refractivity contribution < 1.29 is 19.8 Å². The summed E-state index contributed by atoms with van der Waals surface area (Å²) in [5.74, 6) is -1.49. The van der Waals surface area contributed by atoms with E-state index in [1.54, 1.807) is 0 Å². The highest BCUT2D eigenvalue weighted by molar-refractivity contribution is 5.76. The summed E-state index contributed by atoms with van der Waals surface area (Å²) in [6.07, 6.45) is 0.0881. The third-order valence-electron chi connectivity index (χ3n) is 1.40. The molecule has 0 saturated carbocycles. The topological polar surface area (TPSA) is 139 Å². The Morgan fingerprint density at radius 3 is 2.38 bits per heavy atom. The Kier molecular flexibility index (Phi) is 4.15. The summed E-state index contributed by atoms with van der Waals surface area (Å²) in [7, 11) is 0. The molecule has 7 nitrogen and oxygen atoms in total. The Hall–Kier alpha value is -1.34. The van der Waals surface area contributed by atoms with Crippen molar-refractivity contribution >= 4 is 12.0 Å². The number of nitrogens with one attached hydrogen (secondary N) is 1. The Balaban J connectivity index is 3.64. The van der Waals surface area contributed by atoms with Gasteiger partial charge in [0.25, 0.3) is 0 Å². The van der Waals surface area contributed by atoms with Crippen LogP contribution in [-0.2, 0) is 4.79 Å². The van der Waals surface area contributed by atoms with E-state index in [0.717, 1.165) is 0 Å². The lowest BCUT2D eigenvalue weighted by molar-refractivity contribution is -0.158. The molecule has 76 valence electrons. The molecule has 13 heavy (non-hydrogen) atoms. The van der Waals surface area contributed by atoms with Crippen LogP contribution in [0.5, 0.6) is 0 Å². The van der Waals surface area contributed by atoms with Crippen molar-refractivity contribution in [3.63, 3.8) is 0 Å². The van der Waals surface area contributed by atoms with Gasteiger partial charge in [0.15, 0.2) is 0 Å². The van der Waals surface area contributed by atoms with Gasteiger partial charge in [0.2, 0.25) is 5.72 Å². The number of carboxylic acids is 1. The van der Waals surface area contributed by atoms with Crippen molar-refractivity contribution in [1.29, 1.82) is 0 Å². The molecule has 0 aromatic heterocycles. The number of hydrogen-bond acceptors (Lipinski definition) is 4. The van der Waals surface area contributed by atoms with Crippen LogP contribution >= 0.6 is 0 Å². The minimum absolute atomic E-state index is 0.150. The van der Waals surface area contributed by atoms with Crippen LogP contribution in [-0.4, -0.2) is 34.5 Å². The summed E-state index contributed by atoms with van der Waals surface area (Å²) in [5.41, 5.74) is 7.49.